The van der Waals surface area contributed by atoms with E-state index in [0.717, 1.165) is 26.2 Å². The van der Waals surface area contributed by atoms with E-state index >= 15 is 0 Å². The number of nitrogens with zero attached hydrogens (tertiary/aromatic N) is 1. The maximum Gasteiger partial charge on any atom is 0.309 e. The first-order chi connectivity index (χ1) is 8.80. The number of carbonyl (C=O) groups is 2. The van der Waals surface area contributed by atoms with Crippen molar-refractivity contribution >= 4 is 11.9 Å². The Hall–Kier alpha value is -1.10. The van der Waals surface area contributed by atoms with Gasteiger partial charge < -0.3 is 15.3 Å². The molecule has 1 aliphatic carbocycles. The molecule has 0 aromatic rings. The van der Waals surface area contributed by atoms with Crippen LogP contribution in [0.25, 0.3) is 0 Å². The number of piperazine rings is 1. The summed E-state index contributed by atoms with van der Waals surface area (Å²) in [5.41, 5.74) is -1.30. The summed E-state index contributed by atoms with van der Waals surface area (Å²) < 4.78 is 0. The zero-order valence-corrected chi connectivity index (χ0v) is 12.0. The molecule has 2 rings (SSSR count). The lowest BCUT2D eigenvalue weighted by atomic mass is 9.65. The second-order valence-corrected chi connectivity index (χ2v) is 6.53. The fourth-order valence-electron chi connectivity index (χ4n) is 3.42. The average Bonchev–Trinajstić information content (AvgIpc) is 2.62. The van der Waals surface area contributed by atoms with Crippen LogP contribution in [0, 0.1) is 16.7 Å². The van der Waals surface area contributed by atoms with Crippen LogP contribution in [0.2, 0.25) is 0 Å². The van der Waals surface area contributed by atoms with Crippen molar-refractivity contribution in [2.24, 2.45) is 16.7 Å². The maximum absolute atomic E-state index is 12.6. The van der Waals surface area contributed by atoms with Crippen LogP contribution < -0.4 is 5.32 Å². The van der Waals surface area contributed by atoms with Crippen LogP contribution in [-0.2, 0) is 9.59 Å². The molecular formula is C14H24N2O3. The molecule has 1 saturated carbocycles. The van der Waals surface area contributed by atoms with Crippen LogP contribution in [0.5, 0.6) is 0 Å². The summed E-state index contributed by atoms with van der Waals surface area (Å²) in [6.45, 7) is 8.76. The summed E-state index contributed by atoms with van der Waals surface area (Å²) in [5.74, 6) is -0.823. The van der Waals surface area contributed by atoms with Gasteiger partial charge in [0.15, 0.2) is 0 Å². The number of carbonyl (C=O) groups excluding carboxylic acids is 1. The largest absolute Gasteiger partial charge is 0.481 e. The van der Waals surface area contributed by atoms with Gasteiger partial charge in [0.25, 0.3) is 0 Å². The SMILES string of the molecule is CC1(C(=O)O)CCC(C(=O)N2CCNCC2)C1(C)C. The Labute approximate surface area is 114 Å². The number of amides is 1. The van der Waals surface area contributed by atoms with E-state index in [1.807, 2.05) is 18.7 Å². The molecule has 2 fully saturated rings. The van der Waals surface area contributed by atoms with Gasteiger partial charge in [-0.05, 0) is 25.2 Å². The lowest BCUT2D eigenvalue weighted by Crippen LogP contribution is -2.51. The predicted molar refractivity (Wildman–Crippen MR) is 71.7 cm³/mol. The summed E-state index contributed by atoms with van der Waals surface area (Å²) in [7, 11) is 0. The first-order valence-electron chi connectivity index (χ1n) is 7.03. The molecule has 5 nitrogen and oxygen atoms in total. The number of aliphatic carboxylic acids is 1. The normalized spacial score (nSPS) is 34.3. The summed E-state index contributed by atoms with van der Waals surface area (Å²) in [6.07, 6.45) is 1.26. The fraction of sp³-hybridized carbons (Fsp3) is 0.857. The van der Waals surface area contributed by atoms with Crippen LogP contribution in [0.1, 0.15) is 33.6 Å². The highest BCUT2D eigenvalue weighted by Crippen LogP contribution is 2.56. The van der Waals surface area contributed by atoms with Gasteiger partial charge in [-0.15, -0.1) is 0 Å². The van der Waals surface area contributed by atoms with Crippen molar-refractivity contribution < 1.29 is 14.7 Å². The number of rotatable bonds is 2. The summed E-state index contributed by atoms with van der Waals surface area (Å²) >= 11 is 0. The van der Waals surface area contributed by atoms with E-state index in [9.17, 15) is 14.7 Å². The van der Waals surface area contributed by atoms with Gasteiger partial charge >= 0.3 is 5.97 Å². The van der Waals surface area contributed by atoms with Gasteiger partial charge in [0, 0.05) is 32.1 Å². The molecule has 1 amide bonds. The van der Waals surface area contributed by atoms with E-state index in [4.69, 9.17) is 0 Å². The molecule has 0 aromatic heterocycles. The van der Waals surface area contributed by atoms with Gasteiger partial charge in [-0.1, -0.05) is 13.8 Å². The average molecular weight is 268 g/mol. The first kappa shape index (κ1) is 14.3. The molecule has 1 heterocycles. The number of carboxylic acids is 1. The van der Waals surface area contributed by atoms with Gasteiger partial charge in [-0.3, -0.25) is 9.59 Å². The van der Waals surface area contributed by atoms with Gasteiger partial charge in [-0.25, -0.2) is 0 Å². The molecule has 108 valence electrons. The lowest BCUT2D eigenvalue weighted by molar-refractivity contribution is -0.156. The highest BCUT2D eigenvalue weighted by atomic mass is 16.4. The van der Waals surface area contributed by atoms with Crippen LogP contribution >= 0.6 is 0 Å². The van der Waals surface area contributed by atoms with Crippen LogP contribution in [0.15, 0.2) is 0 Å². The summed E-state index contributed by atoms with van der Waals surface area (Å²) in [5, 5.41) is 12.7. The van der Waals surface area contributed by atoms with Crippen molar-refractivity contribution in [3.05, 3.63) is 0 Å². The van der Waals surface area contributed by atoms with Crippen LogP contribution in [0.3, 0.4) is 0 Å². The Morgan fingerprint density at radius 1 is 1.21 bits per heavy atom. The van der Waals surface area contributed by atoms with Gasteiger partial charge in [0.1, 0.15) is 0 Å². The van der Waals surface area contributed by atoms with E-state index in [0.29, 0.717) is 12.8 Å². The Morgan fingerprint density at radius 3 is 2.26 bits per heavy atom. The Balaban J connectivity index is 2.17. The highest BCUT2D eigenvalue weighted by molar-refractivity contribution is 5.84. The maximum atomic E-state index is 12.6. The van der Waals surface area contributed by atoms with E-state index in [-0.39, 0.29) is 11.8 Å². The minimum atomic E-state index is -0.804. The molecule has 2 aliphatic rings. The van der Waals surface area contributed by atoms with Crippen LogP contribution in [-0.4, -0.2) is 48.1 Å². The summed E-state index contributed by atoms with van der Waals surface area (Å²) in [4.78, 5) is 26.1. The Morgan fingerprint density at radius 2 is 1.79 bits per heavy atom. The van der Waals surface area contributed by atoms with Crippen molar-refractivity contribution in [3.8, 4) is 0 Å². The van der Waals surface area contributed by atoms with Gasteiger partial charge in [0.05, 0.1) is 5.41 Å². The highest BCUT2D eigenvalue weighted by Gasteiger charge is 2.58. The second kappa shape index (κ2) is 4.78. The summed E-state index contributed by atoms with van der Waals surface area (Å²) in [6, 6.07) is 0. The molecule has 5 heteroatoms. The van der Waals surface area contributed by atoms with Crippen molar-refractivity contribution in [1.82, 2.24) is 10.2 Å². The molecule has 0 spiro atoms. The number of carboxylic acid groups (broad SMARTS) is 1. The Bertz CT molecular complexity index is 388. The minimum absolute atomic E-state index is 0.136. The molecule has 0 aromatic carbocycles. The van der Waals surface area contributed by atoms with E-state index in [2.05, 4.69) is 5.32 Å². The number of hydrogen-bond acceptors (Lipinski definition) is 3. The molecule has 2 unspecified atom stereocenters. The van der Waals surface area contributed by atoms with E-state index in [1.54, 1.807) is 6.92 Å². The topological polar surface area (TPSA) is 69.6 Å². The zero-order chi connectivity index (χ0) is 14.3. The number of hydrogen-bond donors (Lipinski definition) is 2. The quantitative estimate of drug-likeness (QED) is 0.782. The van der Waals surface area contributed by atoms with Crippen molar-refractivity contribution in [3.63, 3.8) is 0 Å². The molecule has 0 bridgehead atoms. The third kappa shape index (κ3) is 2.14. The second-order valence-electron chi connectivity index (χ2n) is 6.53. The number of nitrogens with one attached hydrogen (secondary N) is 1. The third-order valence-electron chi connectivity index (χ3n) is 5.43. The van der Waals surface area contributed by atoms with Crippen molar-refractivity contribution in [2.45, 2.75) is 33.6 Å². The lowest BCUT2D eigenvalue weighted by Gasteiger charge is -2.40. The smallest absolute Gasteiger partial charge is 0.309 e. The molecular weight excluding hydrogens is 244 g/mol. The molecule has 2 atom stereocenters. The third-order valence-corrected chi connectivity index (χ3v) is 5.43. The fourth-order valence-corrected chi connectivity index (χ4v) is 3.42. The molecule has 1 saturated heterocycles. The van der Waals surface area contributed by atoms with Gasteiger partial charge in [0.2, 0.25) is 5.91 Å². The predicted octanol–water partition coefficient (Wildman–Crippen LogP) is 0.945. The molecule has 1 aliphatic heterocycles. The standard InChI is InChI=1S/C14H24N2O3/c1-13(2)10(4-5-14(13,3)12(18)19)11(17)16-8-6-15-7-9-16/h10,15H,4-9H2,1-3H3,(H,18,19). The first-order valence-corrected chi connectivity index (χ1v) is 7.03. The van der Waals surface area contributed by atoms with Crippen molar-refractivity contribution in [1.29, 1.82) is 0 Å². The molecule has 19 heavy (non-hydrogen) atoms. The van der Waals surface area contributed by atoms with Crippen LogP contribution in [0.4, 0.5) is 0 Å². The van der Waals surface area contributed by atoms with Crippen molar-refractivity contribution in [2.75, 3.05) is 26.2 Å². The minimum Gasteiger partial charge on any atom is -0.481 e. The molecule has 0 radical (unpaired) electrons. The zero-order valence-electron chi connectivity index (χ0n) is 12.0. The van der Waals surface area contributed by atoms with Gasteiger partial charge in [-0.2, -0.15) is 0 Å². The monoisotopic (exact) mass is 268 g/mol. The van der Waals surface area contributed by atoms with E-state index in [1.165, 1.54) is 0 Å². The Kier molecular flexibility index (Phi) is 3.60. The van der Waals surface area contributed by atoms with E-state index < -0.39 is 16.8 Å². The molecule has 2 N–H and O–H groups in total.